The Labute approximate surface area is 95.9 Å². The maximum Gasteiger partial charge on any atom is 0.160 e. The van der Waals surface area contributed by atoms with E-state index in [-0.39, 0.29) is 0 Å². The van der Waals surface area contributed by atoms with Crippen LogP contribution in [0.1, 0.15) is 36.9 Å². The Balaban J connectivity index is 2.69. The van der Waals surface area contributed by atoms with Gasteiger partial charge in [0.1, 0.15) is 0 Å². The Hall–Kier alpha value is -0.830. The van der Waals surface area contributed by atoms with Crippen LogP contribution in [0.2, 0.25) is 0 Å². The van der Waals surface area contributed by atoms with Crippen LogP contribution in [0.3, 0.4) is 0 Å². The Morgan fingerprint density at radius 1 is 1.53 bits per heavy atom. The number of aldehydes is 1. The van der Waals surface area contributed by atoms with Gasteiger partial charge in [0.25, 0.3) is 0 Å². The fraction of sp³-hybridized carbons (Fsp3) is 0.583. The number of carbonyl (C=O) groups is 1. The maximum absolute atomic E-state index is 10.6. The first-order valence-corrected chi connectivity index (χ1v) is 6.37. The van der Waals surface area contributed by atoms with Gasteiger partial charge in [-0.05, 0) is 18.9 Å². The SMILES string of the molecule is CCC(C)CN(CC)c1csc(C=O)c1. The largest absolute Gasteiger partial charge is 0.371 e. The minimum Gasteiger partial charge on any atom is -0.371 e. The third-order valence-electron chi connectivity index (χ3n) is 2.70. The van der Waals surface area contributed by atoms with Crippen molar-refractivity contribution in [1.29, 1.82) is 0 Å². The topological polar surface area (TPSA) is 20.3 Å². The Kier molecular flexibility index (Phi) is 4.82. The van der Waals surface area contributed by atoms with Crippen LogP contribution in [0.15, 0.2) is 11.4 Å². The lowest BCUT2D eigenvalue weighted by molar-refractivity contribution is 0.112. The second-order valence-corrected chi connectivity index (χ2v) is 4.82. The van der Waals surface area contributed by atoms with E-state index in [1.807, 2.05) is 6.07 Å². The van der Waals surface area contributed by atoms with Crippen molar-refractivity contribution in [2.75, 3.05) is 18.0 Å². The summed E-state index contributed by atoms with van der Waals surface area (Å²) in [5.41, 5.74) is 1.19. The molecule has 0 saturated heterocycles. The molecule has 3 heteroatoms. The van der Waals surface area contributed by atoms with Crippen LogP contribution in [0.25, 0.3) is 0 Å². The van der Waals surface area contributed by atoms with Crippen molar-refractivity contribution >= 4 is 23.3 Å². The average molecular weight is 225 g/mol. The summed E-state index contributed by atoms with van der Waals surface area (Å²) in [6.45, 7) is 8.70. The number of carbonyl (C=O) groups excluding carboxylic acids is 1. The zero-order valence-electron chi connectivity index (χ0n) is 9.69. The molecular weight excluding hydrogens is 206 g/mol. The molecule has 1 aromatic heterocycles. The molecular formula is C12H19NOS. The Morgan fingerprint density at radius 3 is 2.73 bits per heavy atom. The van der Waals surface area contributed by atoms with Crippen LogP contribution >= 0.6 is 11.3 Å². The number of rotatable bonds is 6. The van der Waals surface area contributed by atoms with E-state index in [9.17, 15) is 4.79 Å². The molecule has 0 bridgehead atoms. The molecule has 1 aromatic rings. The quantitative estimate of drug-likeness (QED) is 0.691. The third kappa shape index (κ3) is 3.34. The van der Waals surface area contributed by atoms with Gasteiger partial charge in [0, 0.05) is 24.2 Å². The van der Waals surface area contributed by atoms with E-state index in [2.05, 4.69) is 31.1 Å². The summed E-state index contributed by atoms with van der Waals surface area (Å²) in [6.07, 6.45) is 2.12. The van der Waals surface area contributed by atoms with Gasteiger partial charge in [0.05, 0.1) is 4.88 Å². The summed E-state index contributed by atoms with van der Waals surface area (Å²) in [5.74, 6) is 0.699. The summed E-state index contributed by atoms with van der Waals surface area (Å²) in [6, 6.07) is 1.98. The van der Waals surface area contributed by atoms with Gasteiger partial charge in [-0.25, -0.2) is 0 Å². The van der Waals surface area contributed by atoms with E-state index in [0.717, 1.165) is 24.3 Å². The van der Waals surface area contributed by atoms with Crippen LogP contribution in [0.4, 0.5) is 5.69 Å². The number of nitrogens with zero attached hydrogens (tertiary/aromatic N) is 1. The summed E-state index contributed by atoms with van der Waals surface area (Å²) >= 11 is 1.52. The predicted molar refractivity (Wildman–Crippen MR) is 67.0 cm³/mol. The van der Waals surface area contributed by atoms with Gasteiger partial charge in [-0.3, -0.25) is 4.79 Å². The first kappa shape index (κ1) is 12.2. The van der Waals surface area contributed by atoms with Crippen LogP contribution in [-0.4, -0.2) is 19.4 Å². The van der Waals surface area contributed by atoms with Crippen molar-refractivity contribution in [2.24, 2.45) is 5.92 Å². The molecule has 0 aliphatic rings. The van der Waals surface area contributed by atoms with E-state index in [0.29, 0.717) is 5.92 Å². The molecule has 0 aliphatic carbocycles. The highest BCUT2D eigenvalue weighted by Gasteiger charge is 2.09. The highest BCUT2D eigenvalue weighted by molar-refractivity contribution is 7.12. The smallest absolute Gasteiger partial charge is 0.160 e. The highest BCUT2D eigenvalue weighted by atomic mass is 32.1. The molecule has 1 unspecified atom stereocenters. The van der Waals surface area contributed by atoms with Crippen molar-refractivity contribution in [3.63, 3.8) is 0 Å². The van der Waals surface area contributed by atoms with E-state index in [4.69, 9.17) is 0 Å². The van der Waals surface area contributed by atoms with Gasteiger partial charge >= 0.3 is 0 Å². The minimum atomic E-state index is 0.699. The molecule has 1 heterocycles. The fourth-order valence-electron chi connectivity index (χ4n) is 1.49. The molecule has 0 aliphatic heterocycles. The lowest BCUT2D eigenvalue weighted by atomic mass is 10.1. The standard InChI is InChI=1S/C12H19NOS/c1-4-10(3)7-13(5-2)11-6-12(8-14)15-9-11/h6,8-10H,4-5,7H2,1-3H3. The second kappa shape index (κ2) is 5.91. The Bertz CT molecular complexity index is 308. The average Bonchev–Trinajstić information content (AvgIpc) is 2.73. The van der Waals surface area contributed by atoms with Gasteiger partial charge in [0.15, 0.2) is 6.29 Å². The van der Waals surface area contributed by atoms with Crippen molar-refractivity contribution in [3.05, 3.63) is 16.3 Å². The van der Waals surface area contributed by atoms with Gasteiger partial charge in [-0.1, -0.05) is 20.3 Å². The van der Waals surface area contributed by atoms with Crippen molar-refractivity contribution in [2.45, 2.75) is 27.2 Å². The van der Waals surface area contributed by atoms with E-state index >= 15 is 0 Å². The number of thiophene rings is 1. The molecule has 1 rings (SSSR count). The normalized spacial score (nSPS) is 12.5. The zero-order chi connectivity index (χ0) is 11.3. The van der Waals surface area contributed by atoms with Crippen LogP contribution in [-0.2, 0) is 0 Å². The highest BCUT2D eigenvalue weighted by Crippen LogP contribution is 2.23. The maximum atomic E-state index is 10.6. The number of hydrogen-bond donors (Lipinski definition) is 0. The molecule has 0 spiro atoms. The first-order chi connectivity index (χ1) is 7.21. The molecule has 0 amide bonds. The molecule has 1 atom stereocenters. The van der Waals surface area contributed by atoms with E-state index in [1.165, 1.54) is 23.4 Å². The zero-order valence-corrected chi connectivity index (χ0v) is 10.5. The van der Waals surface area contributed by atoms with Gasteiger partial charge in [-0.2, -0.15) is 0 Å². The van der Waals surface area contributed by atoms with Crippen molar-refractivity contribution in [3.8, 4) is 0 Å². The summed E-state index contributed by atoms with van der Waals surface area (Å²) in [5, 5.41) is 2.07. The third-order valence-corrected chi connectivity index (χ3v) is 3.54. The molecule has 84 valence electrons. The fourth-order valence-corrected chi connectivity index (χ4v) is 2.21. The molecule has 0 aromatic carbocycles. The molecule has 0 N–H and O–H groups in total. The second-order valence-electron chi connectivity index (χ2n) is 3.88. The first-order valence-electron chi connectivity index (χ1n) is 5.49. The summed E-state index contributed by atoms with van der Waals surface area (Å²) in [7, 11) is 0. The van der Waals surface area contributed by atoms with Crippen LogP contribution < -0.4 is 4.90 Å². The van der Waals surface area contributed by atoms with E-state index in [1.54, 1.807) is 0 Å². The van der Waals surface area contributed by atoms with Crippen molar-refractivity contribution < 1.29 is 4.79 Å². The number of hydrogen-bond acceptors (Lipinski definition) is 3. The monoisotopic (exact) mass is 225 g/mol. The molecule has 0 fully saturated rings. The van der Waals surface area contributed by atoms with Gasteiger partial charge in [0.2, 0.25) is 0 Å². The lowest BCUT2D eigenvalue weighted by Gasteiger charge is -2.24. The molecule has 0 radical (unpaired) electrons. The molecule has 15 heavy (non-hydrogen) atoms. The predicted octanol–water partition coefficient (Wildman–Crippen LogP) is 3.43. The summed E-state index contributed by atoms with van der Waals surface area (Å²) < 4.78 is 0. The lowest BCUT2D eigenvalue weighted by Crippen LogP contribution is -2.27. The number of anilines is 1. The summed E-state index contributed by atoms with van der Waals surface area (Å²) in [4.78, 5) is 13.7. The van der Waals surface area contributed by atoms with Crippen molar-refractivity contribution in [1.82, 2.24) is 0 Å². The van der Waals surface area contributed by atoms with Crippen LogP contribution in [0, 0.1) is 5.92 Å². The molecule has 0 saturated carbocycles. The van der Waals surface area contributed by atoms with Gasteiger partial charge in [-0.15, -0.1) is 11.3 Å². The Morgan fingerprint density at radius 2 is 2.27 bits per heavy atom. The molecule has 2 nitrogen and oxygen atoms in total. The van der Waals surface area contributed by atoms with Crippen LogP contribution in [0.5, 0.6) is 0 Å². The van der Waals surface area contributed by atoms with Gasteiger partial charge < -0.3 is 4.90 Å². The minimum absolute atomic E-state index is 0.699. The van der Waals surface area contributed by atoms with E-state index < -0.39 is 0 Å².